The number of anilines is 3. The molecular weight excluding hydrogens is 403 g/mol. The van der Waals surface area contributed by atoms with E-state index in [2.05, 4.69) is 15.3 Å². The summed E-state index contributed by atoms with van der Waals surface area (Å²) in [6, 6.07) is 13.5. The molecule has 6 nitrogen and oxygen atoms in total. The second-order valence-electron chi connectivity index (χ2n) is 6.43. The van der Waals surface area contributed by atoms with Crippen molar-refractivity contribution in [3.05, 3.63) is 77.7 Å². The highest BCUT2D eigenvalue weighted by Gasteiger charge is 2.20. The van der Waals surface area contributed by atoms with Gasteiger partial charge >= 0.3 is 0 Å². The number of amides is 2. The number of thiazole rings is 1. The summed E-state index contributed by atoms with van der Waals surface area (Å²) in [6.45, 7) is 1.35. The molecule has 2 aromatic heterocycles. The van der Waals surface area contributed by atoms with Gasteiger partial charge in [-0.2, -0.15) is 0 Å². The van der Waals surface area contributed by atoms with Crippen molar-refractivity contribution in [1.29, 1.82) is 0 Å². The van der Waals surface area contributed by atoms with Gasteiger partial charge in [-0.05, 0) is 36.4 Å². The Bertz CT molecular complexity index is 1260. The fourth-order valence-electron chi connectivity index (χ4n) is 3.03. The lowest BCUT2D eigenvalue weighted by Gasteiger charge is -2.18. The molecule has 2 aromatic carbocycles. The molecule has 2 amide bonds. The molecule has 0 unspecified atom stereocenters. The van der Waals surface area contributed by atoms with Gasteiger partial charge in [0.25, 0.3) is 0 Å². The molecule has 4 rings (SSSR count). The lowest BCUT2D eigenvalue weighted by molar-refractivity contribution is -0.116. The summed E-state index contributed by atoms with van der Waals surface area (Å²) < 4.78 is 14.2. The van der Waals surface area contributed by atoms with Gasteiger partial charge in [-0.3, -0.25) is 14.5 Å². The molecule has 4 aromatic rings. The highest BCUT2D eigenvalue weighted by atomic mass is 32.1. The van der Waals surface area contributed by atoms with Crippen LogP contribution in [0.4, 0.5) is 20.9 Å². The van der Waals surface area contributed by atoms with Crippen molar-refractivity contribution in [2.24, 2.45) is 0 Å². The number of benzene rings is 2. The molecule has 0 aliphatic carbocycles. The van der Waals surface area contributed by atoms with E-state index in [1.165, 1.54) is 41.4 Å². The number of aromatic nitrogens is 2. The van der Waals surface area contributed by atoms with Crippen molar-refractivity contribution < 1.29 is 14.0 Å². The van der Waals surface area contributed by atoms with Gasteiger partial charge in [-0.1, -0.05) is 18.2 Å². The first kappa shape index (κ1) is 19.5. The molecule has 0 spiro atoms. The van der Waals surface area contributed by atoms with Crippen LogP contribution < -0.4 is 10.2 Å². The van der Waals surface area contributed by atoms with Gasteiger partial charge in [-0.15, -0.1) is 11.3 Å². The van der Waals surface area contributed by atoms with Crippen LogP contribution in [0.25, 0.3) is 17.0 Å². The average molecular weight is 420 g/mol. The topological polar surface area (TPSA) is 78.1 Å². The van der Waals surface area contributed by atoms with Gasteiger partial charge in [-0.25, -0.2) is 9.37 Å². The second-order valence-corrected chi connectivity index (χ2v) is 7.26. The molecule has 150 valence electrons. The predicted octanol–water partition coefficient (Wildman–Crippen LogP) is 5.10. The van der Waals surface area contributed by atoms with Gasteiger partial charge in [0.05, 0.1) is 17.1 Å². The summed E-state index contributed by atoms with van der Waals surface area (Å²) in [5.41, 5.74) is 2.25. The van der Waals surface area contributed by atoms with E-state index < -0.39 is 5.82 Å². The Morgan fingerprint density at radius 1 is 1.17 bits per heavy atom. The first-order valence-electron chi connectivity index (χ1n) is 9.09. The quantitative estimate of drug-likeness (QED) is 0.441. The summed E-state index contributed by atoms with van der Waals surface area (Å²) in [7, 11) is 0. The Morgan fingerprint density at radius 2 is 2.00 bits per heavy atom. The minimum absolute atomic E-state index is 0.132. The van der Waals surface area contributed by atoms with Crippen molar-refractivity contribution in [2.45, 2.75) is 6.92 Å². The number of nitrogens with one attached hydrogen (secondary N) is 2. The Hall–Kier alpha value is -3.78. The number of rotatable bonds is 5. The second kappa shape index (κ2) is 8.30. The van der Waals surface area contributed by atoms with Gasteiger partial charge in [0.15, 0.2) is 5.13 Å². The number of hydrogen-bond acceptors (Lipinski definition) is 4. The minimum Gasteiger partial charge on any atom is -0.361 e. The predicted molar refractivity (Wildman–Crippen MR) is 117 cm³/mol. The maximum absolute atomic E-state index is 14.2. The van der Waals surface area contributed by atoms with E-state index in [9.17, 15) is 14.0 Å². The molecule has 2 N–H and O–H groups in total. The number of fused-ring (bicyclic) bond motifs is 1. The van der Waals surface area contributed by atoms with E-state index in [1.54, 1.807) is 23.6 Å². The van der Waals surface area contributed by atoms with Crippen LogP contribution in [0.1, 0.15) is 12.6 Å². The lowest BCUT2D eigenvalue weighted by Crippen LogP contribution is -2.23. The maximum atomic E-state index is 14.2. The third-order valence-corrected chi connectivity index (χ3v) is 5.21. The van der Waals surface area contributed by atoms with E-state index in [4.69, 9.17) is 0 Å². The van der Waals surface area contributed by atoms with Crippen LogP contribution in [0.15, 0.2) is 66.2 Å². The first-order chi connectivity index (χ1) is 14.5. The number of aromatic amines is 1. The Kier molecular flexibility index (Phi) is 5.40. The fraction of sp³-hybridized carbons (Fsp3) is 0.0455. The smallest absolute Gasteiger partial charge is 0.248 e. The number of H-pyrrole nitrogens is 1. The van der Waals surface area contributed by atoms with Gasteiger partial charge < -0.3 is 10.3 Å². The van der Waals surface area contributed by atoms with E-state index in [-0.39, 0.29) is 17.5 Å². The van der Waals surface area contributed by atoms with Gasteiger partial charge in [0.1, 0.15) is 5.82 Å². The molecule has 0 saturated heterocycles. The summed E-state index contributed by atoms with van der Waals surface area (Å²) in [5.74, 6) is -1.18. The molecule has 0 saturated carbocycles. The molecule has 8 heteroatoms. The SMILES string of the molecule is CC(=O)N(c1nc(/C=C/C(=O)Nc2cccc3[nH]ccc23)cs1)c1ccccc1F. The molecule has 0 fully saturated rings. The van der Waals surface area contributed by atoms with Crippen LogP contribution in [-0.2, 0) is 9.59 Å². The zero-order chi connectivity index (χ0) is 21.1. The van der Waals surface area contributed by atoms with Crippen molar-refractivity contribution in [1.82, 2.24) is 9.97 Å². The number of carbonyl (C=O) groups excluding carboxylic acids is 2. The zero-order valence-corrected chi connectivity index (χ0v) is 16.7. The maximum Gasteiger partial charge on any atom is 0.248 e. The molecule has 2 heterocycles. The summed E-state index contributed by atoms with van der Waals surface area (Å²) in [4.78, 5) is 33.1. The van der Waals surface area contributed by atoms with E-state index in [0.29, 0.717) is 16.5 Å². The molecule has 0 atom stereocenters. The Morgan fingerprint density at radius 3 is 2.80 bits per heavy atom. The van der Waals surface area contributed by atoms with Crippen LogP contribution in [0.3, 0.4) is 0 Å². The molecule has 0 aliphatic heterocycles. The highest BCUT2D eigenvalue weighted by molar-refractivity contribution is 7.14. The van der Waals surface area contributed by atoms with Gasteiger partial charge in [0, 0.05) is 35.5 Å². The molecule has 0 radical (unpaired) electrons. The molecule has 0 bridgehead atoms. The normalized spacial score (nSPS) is 11.1. The van der Waals surface area contributed by atoms with Crippen LogP contribution in [0.5, 0.6) is 0 Å². The van der Waals surface area contributed by atoms with Crippen LogP contribution in [0.2, 0.25) is 0 Å². The van der Waals surface area contributed by atoms with Crippen LogP contribution in [0, 0.1) is 5.82 Å². The number of carbonyl (C=O) groups is 2. The van der Waals surface area contributed by atoms with E-state index in [0.717, 1.165) is 10.9 Å². The number of nitrogens with zero attached hydrogens (tertiary/aromatic N) is 2. The molecule has 0 aliphatic rings. The minimum atomic E-state index is -0.515. The summed E-state index contributed by atoms with van der Waals surface area (Å²) in [6.07, 6.45) is 4.72. The summed E-state index contributed by atoms with van der Waals surface area (Å²) in [5, 5.41) is 5.77. The third-order valence-electron chi connectivity index (χ3n) is 4.37. The van der Waals surface area contributed by atoms with Crippen molar-refractivity contribution in [2.75, 3.05) is 10.2 Å². The van der Waals surface area contributed by atoms with Crippen LogP contribution >= 0.6 is 11.3 Å². The summed E-state index contributed by atoms with van der Waals surface area (Å²) >= 11 is 1.19. The van der Waals surface area contributed by atoms with E-state index >= 15 is 0 Å². The molecule has 30 heavy (non-hydrogen) atoms. The number of para-hydroxylation sites is 1. The third kappa shape index (κ3) is 3.99. The van der Waals surface area contributed by atoms with Crippen LogP contribution in [-0.4, -0.2) is 21.8 Å². The lowest BCUT2D eigenvalue weighted by atomic mass is 10.2. The Balaban J connectivity index is 1.51. The zero-order valence-electron chi connectivity index (χ0n) is 15.9. The highest BCUT2D eigenvalue weighted by Crippen LogP contribution is 2.31. The fourth-order valence-corrected chi connectivity index (χ4v) is 3.87. The van der Waals surface area contributed by atoms with Crippen molar-refractivity contribution >= 4 is 56.6 Å². The van der Waals surface area contributed by atoms with Gasteiger partial charge in [0.2, 0.25) is 11.8 Å². The number of hydrogen-bond donors (Lipinski definition) is 2. The standard InChI is InChI=1S/C22H17FN4O2S/c1-14(28)27(20-8-3-2-5-17(20)23)22-25-15(13-30-22)9-10-21(29)26-19-7-4-6-18-16(19)11-12-24-18/h2-13,24H,1H3,(H,26,29)/b10-9+. The van der Waals surface area contributed by atoms with Crippen molar-refractivity contribution in [3.63, 3.8) is 0 Å². The average Bonchev–Trinajstić information content (AvgIpc) is 3.38. The monoisotopic (exact) mass is 420 g/mol. The van der Waals surface area contributed by atoms with E-state index in [1.807, 2.05) is 30.5 Å². The largest absolute Gasteiger partial charge is 0.361 e. The Labute approximate surface area is 175 Å². The first-order valence-corrected chi connectivity index (χ1v) is 9.97. The number of halogens is 1. The van der Waals surface area contributed by atoms with Crippen molar-refractivity contribution in [3.8, 4) is 0 Å². The molecular formula is C22H17FN4O2S.